The molecule has 1 aromatic carbocycles. The lowest BCUT2D eigenvalue weighted by Crippen LogP contribution is -2.36. The smallest absolute Gasteiger partial charge is 0.254 e. The first-order valence-corrected chi connectivity index (χ1v) is 9.87. The van der Waals surface area contributed by atoms with E-state index in [2.05, 4.69) is 5.10 Å². The number of aryl methyl sites for hydroxylation is 2. The molecule has 0 bridgehead atoms. The van der Waals surface area contributed by atoms with Crippen molar-refractivity contribution in [3.8, 4) is 17.2 Å². The fourth-order valence-corrected chi connectivity index (χ4v) is 3.65. The summed E-state index contributed by atoms with van der Waals surface area (Å²) in [6.07, 6.45) is 0.814. The third-order valence-electron chi connectivity index (χ3n) is 4.89. The van der Waals surface area contributed by atoms with E-state index in [1.165, 1.54) is 5.56 Å². The summed E-state index contributed by atoms with van der Waals surface area (Å²) in [5, 5.41) is 4.49. The topological polar surface area (TPSA) is 65.8 Å². The van der Waals surface area contributed by atoms with Crippen molar-refractivity contribution in [3.05, 3.63) is 34.6 Å². The first-order chi connectivity index (χ1) is 13.5. The number of hydrogen-bond donors (Lipinski definition) is 0. The van der Waals surface area contributed by atoms with Crippen LogP contribution in [0, 0.1) is 6.92 Å². The molecule has 0 saturated carbocycles. The van der Waals surface area contributed by atoms with Crippen molar-refractivity contribution in [2.24, 2.45) is 7.05 Å². The Hall–Kier alpha value is -2.70. The third kappa shape index (κ3) is 3.79. The van der Waals surface area contributed by atoms with E-state index in [1.807, 2.05) is 44.3 Å². The van der Waals surface area contributed by atoms with E-state index in [9.17, 15) is 4.79 Å². The first kappa shape index (κ1) is 20.0. The van der Waals surface area contributed by atoms with Gasteiger partial charge >= 0.3 is 0 Å². The summed E-state index contributed by atoms with van der Waals surface area (Å²) >= 11 is 0. The molecule has 2 aromatic rings. The third-order valence-corrected chi connectivity index (χ3v) is 4.89. The Bertz CT molecular complexity index is 833. The van der Waals surface area contributed by atoms with Gasteiger partial charge in [-0.25, -0.2) is 0 Å². The van der Waals surface area contributed by atoms with Crippen molar-refractivity contribution in [2.75, 3.05) is 26.4 Å². The molecule has 0 fully saturated rings. The number of rotatable bonds is 7. The van der Waals surface area contributed by atoms with E-state index in [4.69, 9.17) is 14.2 Å². The Morgan fingerprint density at radius 1 is 1.07 bits per heavy atom. The Balaban J connectivity index is 1.93. The number of fused-ring (bicyclic) bond motifs is 1. The molecule has 0 unspecified atom stereocenters. The molecule has 0 spiro atoms. The van der Waals surface area contributed by atoms with E-state index in [0.29, 0.717) is 55.7 Å². The Kier molecular flexibility index (Phi) is 6.11. The highest BCUT2D eigenvalue weighted by molar-refractivity contribution is 5.95. The second-order valence-corrected chi connectivity index (χ2v) is 6.71. The molecule has 0 radical (unpaired) electrons. The van der Waals surface area contributed by atoms with Crippen molar-refractivity contribution in [2.45, 2.75) is 40.7 Å². The van der Waals surface area contributed by atoms with Gasteiger partial charge in [0.25, 0.3) is 5.91 Å². The van der Waals surface area contributed by atoms with Crippen molar-refractivity contribution in [1.29, 1.82) is 0 Å². The standard InChI is InChI=1S/C21H29N3O4/c1-6-26-18-11-15(12-19(27-7-2)20(18)28-8-3)21(25)24-10-9-16-14(4)22-23(5)17(16)13-24/h11-12H,6-10,13H2,1-5H3. The highest BCUT2D eigenvalue weighted by atomic mass is 16.5. The lowest BCUT2D eigenvalue weighted by atomic mass is 10.0. The lowest BCUT2D eigenvalue weighted by Gasteiger charge is -2.28. The van der Waals surface area contributed by atoms with Gasteiger partial charge in [0.1, 0.15) is 0 Å². The lowest BCUT2D eigenvalue weighted by molar-refractivity contribution is 0.0729. The first-order valence-electron chi connectivity index (χ1n) is 9.87. The molecule has 7 nitrogen and oxygen atoms in total. The van der Waals surface area contributed by atoms with Crippen LogP contribution in [0.15, 0.2) is 12.1 Å². The summed E-state index contributed by atoms with van der Waals surface area (Å²) in [6, 6.07) is 3.51. The highest BCUT2D eigenvalue weighted by Crippen LogP contribution is 2.39. The van der Waals surface area contributed by atoms with Crippen LogP contribution in [-0.4, -0.2) is 47.0 Å². The summed E-state index contributed by atoms with van der Waals surface area (Å²) < 4.78 is 19.1. The molecular weight excluding hydrogens is 358 g/mol. The molecule has 7 heteroatoms. The number of aromatic nitrogens is 2. The summed E-state index contributed by atoms with van der Waals surface area (Å²) in [4.78, 5) is 15.1. The van der Waals surface area contributed by atoms with Crippen molar-refractivity contribution in [1.82, 2.24) is 14.7 Å². The van der Waals surface area contributed by atoms with Gasteiger partial charge in [0.2, 0.25) is 5.75 Å². The minimum absolute atomic E-state index is 0.0468. The second kappa shape index (κ2) is 8.54. The molecule has 0 aliphatic carbocycles. The molecule has 2 heterocycles. The van der Waals surface area contributed by atoms with Crippen molar-refractivity contribution >= 4 is 5.91 Å². The number of nitrogens with zero attached hydrogens (tertiary/aromatic N) is 3. The van der Waals surface area contributed by atoms with E-state index in [-0.39, 0.29) is 5.91 Å². The van der Waals surface area contributed by atoms with Gasteiger partial charge in [-0.2, -0.15) is 5.10 Å². The molecule has 1 aromatic heterocycles. The van der Waals surface area contributed by atoms with Crippen LogP contribution < -0.4 is 14.2 Å². The molecule has 1 aliphatic heterocycles. The molecule has 1 aliphatic rings. The SMILES string of the molecule is CCOc1cc(C(=O)N2CCc3c(C)nn(C)c3C2)cc(OCC)c1OCC. The van der Waals surface area contributed by atoms with Gasteiger partial charge in [-0.3, -0.25) is 9.48 Å². The number of hydrogen-bond acceptors (Lipinski definition) is 5. The van der Waals surface area contributed by atoms with Gasteiger partial charge in [-0.1, -0.05) is 0 Å². The van der Waals surface area contributed by atoms with Crippen LogP contribution in [0.4, 0.5) is 0 Å². The quantitative estimate of drug-likeness (QED) is 0.730. The van der Waals surface area contributed by atoms with Crippen molar-refractivity contribution < 1.29 is 19.0 Å². The fourth-order valence-electron chi connectivity index (χ4n) is 3.65. The largest absolute Gasteiger partial charge is 0.490 e. The zero-order chi connectivity index (χ0) is 20.3. The van der Waals surface area contributed by atoms with Gasteiger partial charge in [-0.05, 0) is 51.8 Å². The Morgan fingerprint density at radius 3 is 2.25 bits per heavy atom. The molecule has 152 valence electrons. The maximum atomic E-state index is 13.3. The molecule has 0 atom stereocenters. The number of benzene rings is 1. The van der Waals surface area contributed by atoms with E-state index < -0.39 is 0 Å². The summed E-state index contributed by atoms with van der Waals surface area (Å²) in [6.45, 7) is 10.4. The normalized spacial score (nSPS) is 13.2. The number of amides is 1. The van der Waals surface area contributed by atoms with Crippen molar-refractivity contribution in [3.63, 3.8) is 0 Å². The van der Waals surface area contributed by atoms with Crippen LogP contribution in [0.25, 0.3) is 0 Å². The minimum Gasteiger partial charge on any atom is -0.490 e. The zero-order valence-corrected chi connectivity index (χ0v) is 17.4. The minimum atomic E-state index is -0.0468. The van der Waals surface area contributed by atoms with Gasteiger partial charge in [0.15, 0.2) is 11.5 Å². The second-order valence-electron chi connectivity index (χ2n) is 6.71. The van der Waals surface area contributed by atoms with Gasteiger partial charge in [0.05, 0.1) is 37.8 Å². The molecule has 1 amide bonds. The maximum absolute atomic E-state index is 13.3. The molecule has 0 saturated heterocycles. The molecule has 28 heavy (non-hydrogen) atoms. The van der Waals surface area contributed by atoms with Crippen LogP contribution in [0.3, 0.4) is 0 Å². The maximum Gasteiger partial charge on any atom is 0.254 e. The monoisotopic (exact) mass is 387 g/mol. The number of carbonyl (C=O) groups excluding carboxylic acids is 1. The van der Waals surface area contributed by atoms with E-state index >= 15 is 0 Å². The average molecular weight is 387 g/mol. The Labute approximate surface area is 166 Å². The molecule has 3 rings (SSSR count). The fraction of sp³-hybridized carbons (Fsp3) is 0.524. The van der Waals surface area contributed by atoms with E-state index in [1.54, 1.807) is 12.1 Å². The Morgan fingerprint density at radius 2 is 1.68 bits per heavy atom. The summed E-state index contributed by atoms with van der Waals surface area (Å²) in [5.41, 5.74) is 3.93. The number of ether oxygens (including phenoxy) is 3. The predicted molar refractivity (Wildman–Crippen MR) is 106 cm³/mol. The van der Waals surface area contributed by atoms with Crippen LogP contribution in [-0.2, 0) is 20.0 Å². The van der Waals surface area contributed by atoms with Crippen LogP contribution in [0.2, 0.25) is 0 Å². The summed E-state index contributed by atoms with van der Waals surface area (Å²) in [7, 11) is 1.93. The summed E-state index contributed by atoms with van der Waals surface area (Å²) in [5.74, 6) is 1.57. The highest BCUT2D eigenvalue weighted by Gasteiger charge is 2.27. The van der Waals surface area contributed by atoms with Crippen LogP contribution in [0.5, 0.6) is 17.2 Å². The predicted octanol–water partition coefficient (Wildman–Crippen LogP) is 3.12. The van der Waals surface area contributed by atoms with Gasteiger partial charge in [0, 0.05) is 19.2 Å². The molecule has 0 N–H and O–H groups in total. The molecular formula is C21H29N3O4. The van der Waals surface area contributed by atoms with Crippen LogP contribution in [0.1, 0.15) is 48.1 Å². The average Bonchev–Trinajstić information content (AvgIpc) is 2.97. The van der Waals surface area contributed by atoms with Crippen LogP contribution >= 0.6 is 0 Å². The van der Waals surface area contributed by atoms with E-state index in [0.717, 1.165) is 17.8 Å². The zero-order valence-electron chi connectivity index (χ0n) is 17.4. The number of carbonyl (C=O) groups is 1. The van der Waals surface area contributed by atoms with Gasteiger partial charge in [-0.15, -0.1) is 0 Å². The van der Waals surface area contributed by atoms with Gasteiger partial charge < -0.3 is 19.1 Å².